The maximum Gasteiger partial charge on any atom is -0.00105 e. The Balaban J connectivity index is 1.46. The Morgan fingerprint density at radius 2 is 0.680 bits per heavy atom. The van der Waals surface area contributed by atoms with Gasteiger partial charge >= 0.3 is 0 Å². The van der Waals surface area contributed by atoms with Crippen LogP contribution in [0.3, 0.4) is 0 Å². The Morgan fingerprint density at radius 3 is 1.08 bits per heavy atom. The minimum atomic E-state index is -0.0844. The van der Waals surface area contributed by atoms with Crippen molar-refractivity contribution < 1.29 is 0 Å². The Hall–Kier alpha value is -5.46. The number of rotatable bonds is 2. The number of hydrogen-bond acceptors (Lipinski definition) is 0. The molecule has 0 fully saturated rings. The predicted octanol–water partition coefficient (Wildman–Crippen LogP) is 14.6. The van der Waals surface area contributed by atoms with Crippen LogP contribution >= 0.6 is 0 Å². The molecule has 0 N–H and O–H groups in total. The molecule has 0 radical (unpaired) electrons. The Labute approximate surface area is 293 Å². The zero-order chi connectivity index (χ0) is 34.1. The van der Waals surface area contributed by atoms with Gasteiger partial charge in [0.1, 0.15) is 0 Å². The van der Waals surface area contributed by atoms with E-state index in [0.29, 0.717) is 0 Å². The molecule has 10 aromatic rings. The van der Waals surface area contributed by atoms with Gasteiger partial charge in [0.05, 0.1) is 0 Å². The molecule has 0 aromatic heterocycles. The molecule has 0 heteroatoms. The lowest BCUT2D eigenvalue weighted by Crippen LogP contribution is -2.16. The molecular weight excluding hydrogens is 601 g/mol. The van der Waals surface area contributed by atoms with Crippen molar-refractivity contribution in [3.8, 4) is 22.3 Å². The van der Waals surface area contributed by atoms with E-state index in [1.165, 1.54) is 109 Å². The van der Waals surface area contributed by atoms with E-state index in [0.717, 1.165) is 0 Å². The summed E-state index contributed by atoms with van der Waals surface area (Å²) in [7, 11) is 0. The molecule has 0 aliphatic rings. The third kappa shape index (κ3) is 4.06. The van der Waals surface area contributed by atoms with E-state index in [-0.39, 0.29) is 10.8 Å². The van der Waals surface area contributed by atoms with Crippen molar-refractivity contribution in [1.82, 2.24) is 0 Å². The highest BCUT2D eigenvalue weighted by Crippen LogP contribution is 2.54. The van der Waals surface area contributed by atoms with Crippen molar-refractivity contribution in [3.63, 3.8) is 0 Å². The van der Waals surface area contributed by atoms with E-state index in [1.54, 1.807) is 0 Å². The van der Waals surface area contributed by atoms with E-state index in [4.69, 9.17) is 0 Å². The van der Waals surface area contributed by atoms with Crippen molar-refractivity contribution in [2.24, 2.45) is 0 Å². The maximum absolute atomic E-state index is 2.54. The van der Waals surface area contributed by atoms with E-state index in [1.807, 2.05) is 0 Å². The third-order valence-electron chi connectivity index (χ3n) is 11.3. The Bertz CT molecular complexity index is 2770. The second-order valence-corrected chi connectivity index (χ2v) is 16.5. The highest BCUT2D eigenvalue weighted by Gasteiger charge is 2.31. The summed E-state index contributed by atoms with van der Waals surface area (Å²) in [5, 5.41) is 18.9. The molecule has 0 nitrogen and oxygen atoms in total. The molecule has 0 heterocycles. The third-order valence-corrected chi connectivity index (χ3v) is 11.3. The number of hydrogen-bond donors (Lipinski definition) is 0. The van der Waals surface area contributed by atoms with Crippen molar-refractivity contribution in [3.05, 3.63) is 145 Å². The van der Waals surface area contributed by atoms with Crippen molar-refractivity contribution in [2.75, 3.05) is 0 Å². The van der Waals surface area contributed by atoms with Gasteiger partial charge in [0.2, 0.25) is 0 Å². The minimum absolute atomic E-state index is 0.0844. The molecule has 0 spiro atoms. The molecule has 50 heavy (non-hydrogen) atoms. The summed E-state index contributed by atoms with van der Waals surface area (Å²) in [5.74, 6) is 0. The summed E-state index contributed by atoms with van der Waals surface area (Å²) in [5.41, 5.74) is 7.88. The highest BCUT2D eigenvalue weighted by molar-refractivity contribution is 6.41. The van der Waals surface area contributed by atoms with Gasteiger partial charge in [0.15, 0.2) is 0 Å². The van der Waals surface area contributed by atoms with Crippen LogP contribution < -0.4 is 0 Å². The van der Waals surface area contributed by atoms with Gasteiger partial charge in [0.25, 0.3) is 0 Å². The van der Waals surface area contributed by atoms with Gasteiger partial charge in [-0.3, -0.25) is 0 Å². The summed E-state index contributed by atoms with van der Waals surface area (Å²) in [4.78, 5) is 0. The van der Waals surface area contributed by atoms with Crippen LogP contribution in [0, 0.1) is 0 Å². The van der Waals surface area contributed by atoms with Crippen LogP contribution in [0.15, 0.2) is 133 Å². The molecule has 0 unspecified atom stereocenters. The first kappa shape index (κ1) is 29.5. The van der Waals surface area contributed by atoms with Crippen molar-refractivity contribution >= 4 is 75.4 Å². The van der Waals surface area contributed by atoms with Crippen LogP contribution in [0.2, 0.25) is 0 Å². The first-order chi connectivity index (χ1) is 24.1. The number of fused-ring (bicyclic) bond motifs is 2. The van der Waals surface area contributed by atoms with Crippen LogP contribution in [-0.4, -0.2) is 0 Å². The van der Waals surface area contributed by atoms with Crippen LogP contribution in [0.1, 0.15) is 52.7 Å². The molecule has 240 valence electrons. The SMILES string of the molecule is CC(C)(C)c1c2cccc3c(-c4ccc5ccccc5c4)cc4c(C(C)(C)C)c5cccc6c(-c7ccc8ccccc8c7)cc1c(c65)c4c32. The van der Waals surface area contributed by atoms with E-state index in [9.17, 15) is 0 Å². The van der Waals surface area contributed by atoms with Crippen LogP contribution in [-0.2, 0) is 10.8 Å². The second-order valence-electron chi connectivity index (χ2n) is 16.5. The van der Waals surface area contributed by atoms with Gasteiger partial charge in [-0.2, -0.15) is 0 Å². The van der Waals surface area contributed by atoms with Crippen molar-refractivity contribution in [1.29, 1.82) is 0 Å². The monoisotopic (exact) mass is 640 g/mol. The molecule has 0 saturated carbocycles. The molecule has 0 saturated heterocycles. The summed E-state index contributed by atoms with van der Waals surface area (Å²) in [6.07, 6.45) is 0. The topological polar surface area (TPSA) is 0 Å². The average Bonchev–Trinajstić information content (AvgIpc) is 3.10. The Kier molecular flexibility index (Phi) is 5.92. The molecule has 0 aliphatic carbocycles. The molecular formula is C50H40. The first-order valence-corrected chi connectivity index (χ1v) is 18.0. The summed E-state index contributed by atoms with van der Waals surface area (Å²) >= 11 is 0. The van der Waals surface area contributed by atoms with Gasteiger partial charge in [-0.1, -0.05) is 151 Å². The summed E-state index contributed by atoms with van der Waals surface area (Å²) < 4.78 is 0. The zero-order valence-electron chi connectivity index (χ0n) is 29.7. The van der Waals surface area contributed by atoms with Gasteiger partial charge in [-0.15, -0.1) is 0 Å². The van der Waals surface area contributed by atoms with Gasteiger partial charge in [0, 0.05) is 0 Å². The summed E-state index contributed by atoms with van der Waals surface area (Å²) in [6.45, 7) is 14.4. The van der Waals surface area contributed by atoms with Crippen LogP contribution in [0.25, 0.3) is 97.7 Å². The zero-order valence-corrected chi connectivity index (χ0v) is 29.7. The molecule has 10 rings (SSSR count). The fraction of sp³-hybridized carbons (Fsp3) is 0.160. The minimum Gasteiger partial charge on any atom is -0.0616 e. The van der Waals surface area contributed by atoms with Gasteiger partial charge in [-0.25, -0.2) is 0 Å². The van der Waals surface area contributed by atoms with E-state index >= 15 is 0 Å². The van der Waals surface area contributed by atoms with Gasteiger partial charge in [-0.05, 0) is 144 Å². The lowest BCUT2D eigenvalue weighted by Gasteiger charge is -2.32. The number of benzene rings is 10. The molecule has 0 atom stereocenters. The first-order valence-electron chi connectivity index (χ1n) is 18.0. The maximum atomic E-state index is 2.54. The summed E-state index contributed by atoms with van der Waals surface area (Å²) in [6, 6.07) is 50.6. The smallest absolute Gasteiger partial charge is 0.00105 e. The largest absolute Gasteiger partial charge is 0.0616 e. The van der Waals surface area contributed by atoms with E-state index < -0.39 is 0 Å². The van der Waals surface area contributed by atoms with Crippen molar-refractivity contribution in [2.45, 2.75) is 52.4 Å². The lowest BCUT2D eigenvalue weighted by atomic mass is 9.71. The molecule has 0 bridgehead atoms. The van der Waals surface area contributed by atoms with Gasteiger partial charge < -0.3 is 0 Å². The second kappa shape index (κ2) is 10.1. The quantitative estimate of drug-likeness (QED) is 0.130. The molecule has 0 aliphatic heterocycles. The Morgan fingerprint density at radius 1 is 0.300 bits per heavy atom. The lowest BCUT2D eigenvalue weighted by molar-refractivity contribution is 0.600. The standard InChI is InChI=1S/C50H40/c1-49(2,3)47-37-19-11-17-35-40(34-24-22-30-14-8-10-16-32(30)26-34)28-42-46(43(35)37)45-41(47)27-39(33-23-21-29-13-7-9-15-31(29)25-33)36-18-12-20-38(44(36)45)48(42)50(4,5)6/h7-28H,1-6H3. The van der Waals surface area contributed by atoms with E-state index in [2.05, 4.69) is 175 Å². The van der Waals surface area contributed by atoms with Crippen LogP contribution in [0.5, 0.6) is 0 Å². The highest BCUT2D eigenvalue weighted by atomic mass is 14.3. The van der Waals surface area contributed by atoms with Crippen LogP contribution in [0.4, 0.5) is 0 Å². The molecule has 0 amide bonds. The fourth-order valence-electron chi connectivity index (χ4n) is 9.38. The average molecular weight is 641 g/mol. The molecule has 10 aromatic carbocycles. The normalized spacial score (nSPS) is 13.0. The fourth-order valence-corrected chi connectivity index (χ4v) is 9.38. The predicted molar refractivity (Wildman–Crippen MR) is 220 cm³/mol.